The van der Waals surface area contributed by atoms with Gasteiger partial charge in [0.1, 0.15) is 12.8 Å². The van der Waals surface area contributed by atoms with Crippen molar-refractivity contribution < 1.29 is 43.2 Å². The fraction of sp³-hybridized carbons (Fsp3) is 0.500. The van der Waals surface area contributed by atoms with Crippen molar-refractivity contribution in [2.75, 3.05) is 6.61 Å². The van der Waals surface area contributed by atoms with Crippen molar-refractivity contribution in [3.05, 3.63) is 94.6 Å². The molecule has 9 heteroatoms. The Kier molecular flexibility index (Phi) is 7.11. The van der Waals surface area contributed by atoms with Crippen LogP contribution in [0.2, 0.25) is 0 Å². The van der Waals surface area contributed by atoms with Gasteiger partial charge in [0.25, 0.3) is 0 Å². The number of ketones is 2. The van der Waals surface area contributed by atoms with Crippen molar-refractivity contribution in [2.45, 2.75) is 82.1 Å². The van der Waals surface area contributed by atoms with Gasteiger partial charge >= 0.3 is 0 Å². The molecule has 7 rings (SSSR count). The zero-order chi connectivity index (χ0) is 31.9. The van der Waals surface area contributed by atoms with E-state index in [2.05, 4.69) is 0 Å². The molecule has 0 unspecified atom stereocenters. The van der Waals surface area contributed by atoms with E-state index < -0.39 is 76.8 Å². The second-order valence-corrected chi connectivity index (χ2v) is 13.8. The van der Waals surface area contributed by atoms with Gasteiger partial charge in [-0.3, -0.25) is 9.59 Å². The van der Waals surface area contributed by atoms with Gasteiger partial charge in [0.15, 0.2) is 29.1 Å². The SMILES string of the molecule is C[C@]12C=CC(=O)C=C1[C@@H](F)C[C@H]1[C@@H]3C[C@H]4O[C@@H](c5cccc(Cc6ccccc6CO)c5)O[C@@]4(C(=O)CO)[C@@]3(C)C[C@H](O)[C@@]12F. The standard InChI is InChI=1S/C36H38F2O7/c1-33-11-10-24(41)14-27(33)28(37)15-26-25-16-31-36(30(43)19-40,34(25,2)17-29(42)35(26,33)38)45-32(44-31)22-9-5-6-20(13-22)12-21-7-3-4-8-23(21)18-39/h3-11,13-14,25-26,28-29,31-32,39-40,42H,12,15-19H2,1-2H3/t25-,26-,28-,29-,31+,32+,33-,34-,35-,36+/m0/s1. The van der Waals surface area contributed by atoms with Crippen molar-refractivity contribution in [2.24, 2.45) is 22.7 Å². The minimum atomic E-state index is -2.30. The highest BCUT2D eigenvalue weighted by molar-refractivity contribution is 6.01. The van der Waals surface area contributed by atoms with Crippen LogP contribution in [-0.2, 0) is 32.1 Å². The van der Waals surface area contributed by atoms with Crippen LogP contribution < -0.4 is 0 Å². The maximum Gasteiger partial charge on any atom is 0.193 e. The number of alkyl halides is 2. The molecule has 0 amide bonds. The Morgan fingerprint density at radius 3 is 2.53 bits per heavy atom. The third-order valence-electron chi connectivity index (χ3n) is 11.8. The third kappa shape index (κ3) is 4.04. The molecule has 1 heterocycles. The fourth-order valence-corrected chi connectivity index (χ4v) is 9.67. The van der Waals surface area contributed by atoms with E-state index in [0.717, 1.165) is 22.8 Å². The third-order valence-corrected chi connectivity index (χ3v) is 11.8. The number of Topliss-reactive ketones (excluding diaryl/α,β-unsaturated/α-hetero) is 1. The number of aliphatic hydroxyl groups is 3. The van der Waals surface area contributed by atoms with Crippen molar-refractivity contribution in [1.82, 2.24) is 0 Å². The Hall–Kier alpha value is -3.08. The Labute approximate surface area is 260 Å². The van der Waals surface area contributed by atoms with Gasteiger partial charge in [0.05, 0.1) is 18.8 Å². The monoisotopic (exact) mass is 620 g/mol. The van der Waals surface area contributed by atoms with Gasteiger partial charge in [0.2, 0.25) is 0 Å². The maximum atomic E-state index is 17.6. The van der Waals surface area contributed by atoms with E-state index in [1.165, 1.54) is 19.1 Å². The van der Waals surface area contributed by atoms with Gasteiger partial charge in [-0.25, -0.2) is 8.78 Å². The molecule has 0 radical (unpaired) electrons. The Morgan fingerprint density at radius 2 is 1.80 bits per heavy atom. The quantitative estimate of drug-likeness (QED) is 0.439. The largest absolute Gasteiger partial charge is 0.392 e. The molecule has 0 bridgehead atoms. The summed E-state index contributed by atoms with van der Waals surface area (Å²) in [5, 5.41) is 31.7. The lowest BCUT2D eigenvalue weighted by molar-refractivity contribution is -0.235. The van der Waals surface area contributed by atoms with E-state index in [1.807, 2.05) is 48.5 Å². The number of rotatable bonds is 6. The number of ether oxygens (including phenoxy) is 2. The molecule has 0 spiro atoms. The smallest absolute Gasteiger partial charge is 0.193 e. The minimum Gasteiger partial charge on any atom is -0.392 e. The molecular weight excluding hydrogens is 582 g/mol. The molecule has 0 aromatic heterocycles. The fourth-order valence-electron chi connectivity index (χ4n) is 9.67. The van der Waals surface area contributed by atoms with Crippen molar-refractivity contribution in [1.29, 1.82) is 0 Å². The summed E-state index contributed by atoms with van der Waals surface area (Å²) < 4.78 is 46.5. The molecule has 4 aliphatic carbocycles. The Bertz CT molecular complexity index is 1620. The molecule has 4 fully saturated rings. The highest BCUT2D eigenvalue weighted by Crippen LogP contribution is 2.72. The van der Waals surface area contributed by atoms with Crippen LogP contribution in [-0.4, -0.2) is 63.1 Å². The molecule has 1 aliphatic heterocycles. The van der Waals surface area contributed by atoms with E-state index in [4.69, 9.17) is 9.47 Å². The second-order valence-electron chi connectivity index (χ2n) is 13.8. The van der Waals surface area contributed by atoms with Crippen molar-refractivity contribution in [3.8, 4) is 0 Å². The minimum absolute atomic E-state index is 0.0322. The lowest BCUT2D eigenvalue weighted by Crippen LogP contribution is -2.70. The van der Waals surface area contributed by atoms with Gasteiger partial charge in [-0.05, 0) is 72.9 Å². The van der Waals surface area contributed by atoms with Crippen LogP contribution in [0.4, 0.5) is 8.78 Å². The lowest BCUT2D eigenvalue weighted by Gasteiger charge is -2.63. The number of hydrogen-bond donors (Lipinski definition) is 3. The summed E-state index contributed by atoms with van der Waals surface area (Å²) in [6.45, 7) is 2.38. The predicted molar refractivity (Wildman–Crippen MR) is 159 cm³/mol. The van der Waals surface area contributed by atoms with Crippen LogP contribution in [0.3, 0.4) is 0 Å². The van der Waals surface area contributed by atoms with Gasteiger partial charge in [-0.2, -0.15) is 0 Å². The van der Waals surface area contributed by atoms with E-state index in [-0.39, 0.29) is 31.4 Å². The Morgan fingerprint density at radius 1 is 1.04 bits per heavy atom. The van der Waals surface area contributed by atoms with E-state index >= 15 is 8.78 Å². The van der Waals surface area contributed by atoms with E-state index in [9.17, 15) is 24.9 Å². The first-order valence-electron chi connectivity index (χ1n) is 15.6. The van der Waals surface area contributed by atoms with Crippen LogP contribution >= 0.6 is 0 Å². The molecule has 7 nitrogen and oxygen atoms in total. The van der Waals surface area contributed by atoms with Crippen LogP contribution in [0.5, 0.6) is 0 Å². The summed E-state index contributed by atoms with van der Waals surface area (Å²) >= 11 is 0. The Balaban J connectivity index is 1.24. The lowest BCUT2D eigenvalue weighted by atomic mass is 9.44. The van der Waals surface area contributed by atoms with E-state index in [0.29, 0.717) is 12.0 Å². The average Bonchev–Trinajstić information content (AvgIpc) is 3.53. The summed E-state index contributed by atoms with van der Waals surface area (Å²) in [5.74, 6) is -2.65. The predicted octanol–water partition coefficient (Wildman–Crippen LogP) is 4.41. The van der Waals surface area contributed by atoms with Gasteiger partial charge in [0, 0.05) is 22.3 Å². The second kappa shape index (κ2) is 10.5. The first-order valence-corrected chi connectivity index (χ1v) is 15.6. The molecular formula is C36H38F2O7. The average molecular weight is 621 g/mol. The summed E-state index contributed by atoms with van der Waals surface area (Å²) in [6, 6.07) is 15.2. The molecule has 3 N–H and O–H groups in total. The zero-order valence-electron chi connectivity index (χ0n) is 25.3. The number of allylic oxidation sites excluding steroid dienone is 4. The molecule has 10 atom stereocenters. The molecule has 3 saturated carbocycles. The number of fused-ring (bicyclic) bond motifs is 7. The van der Waals surface area contributed by atoms with Gasteiger partial charge in [-0.1, -0.05) is 61.5 Å². The van der Waals surface area contributed by atoms with Crippen LogP contribution in [0.25, 0.3) is 0 Å². The first-order chi connectivity index (χ1) is 21.4. The normalized spacial score (nSPS) is 41.6. The highest BCUT2D eigenvalue weighted by Gasteiger charge is 2.80. The van der Waals surface area contributed by atoms with Crippen molar-refractivity contribution in [3.63, 3.8) is 0 Å². The van der Waals surface area contributed by atoms with Crippen LogP contribution in [0.15, 0.2) is 72.3 Å². The summed E-state index contributed by atoms with van der Waals surface area (Å²) in [4.78, 5) is 25.9. The van der Waals surface area contributed by atoms with Crippen molar-refractivity contribution >= 4 is 11.6 Å². The number of halogens is 2. The number of hydrogen-bond acceptors (Lipinski definition) is 7. The highest BCUT2D eigenvalue weighted by atomic mass is 19.1. The first kappa shape index (κ1) is 30.6. The maximum absolute atomic E-state index is 17.6. The number of carbonyl (C=O) groups excluding carboxylic acids is 2. The summed E-state index contributed by atoms with van der Waals surface area (Å²) in [7, 11) is 0. The molecule has 5 aliphatic rings. The number of benzene rings is 2. The number of aliphatic hydroxyl groups excluding tert-OH is 3. The molecule has 1 saturated heterocycles. The van der Waals surface area contributed by atoms with E-state index in [1.54, 1.807) is 6.92 Å². The van der Waals surface area contributed by atoms with Crippen LogP contribution in [0.1, 0.15) is 61.7 Å². The molecule has 238 valence electrons. The number of carbonyl (C=O) groups is 2. The molecule has 2 aromatic carbocycles. The topological polar surface area (TPSA) is 113 Å². The molecule has 2 aromatic rings. The van der Waals surface area contributed by atoms with Gasteiger partial charge < -0.3 is 24.8 Å². The zero-order valence-corrected chi connectivity index (χ0v) is 25.3. The van der Waals surface area contributed by atoms with Gasteiger partial charge in [-0.15, -0.1) is 0 Å². The summed E-state index contributed by atoms with van der Waals surface area (Å²) in [6.07, 6.45) is -0.993. The van der Waals surface area contributed by atoms with Crippen LogP contribution in [0, 0.1) is 22.7 Å². The summed E-state index contributed by atoms with van der Waals surface area (Å²) in [5.41, 5.74) is -3.31. The molecule has 45 heavy (non-hydrogen) atoms.